The number of methoxy groups -OCH3 is 1. The number of benzene rings is 1. The second-order valence-electron chi connectivity index (χ2n) is 4.95. The Hall–Kier alpha value is -2.59. The molecule has 1 aliphatic heterocycles. The number of halogens is 2. The molecule has 1 aromatic rings. The van der Waals surface area contributed by atoms with Crippen molar-refractivity contribution >= 4 is 57.5 Å². The largest absolute Gasteiger partial charge is 0.480 e. The minimum atomic E-state index is -1.31. The lowest BCUT2D eigenvalue weighted by atomic mass is 10.2. The van der Waals surface area contributed by atoms with E-state index in [2.05, 4.69) is 26.0 Å². The molecule has 1 fully saturated rings. The highest BCUT2D eigenvalue weighted by Crippen LogP contribution is 2.35. The quantitative estimate of drug-likeness (QED) is 0.386. The van der Waals surface area contributed by atoms with Gasteiger partial charge in [0.05, 0.1) is 16.6 Å². The van der Waals surface area contributed by atoms with Crippen LogP contribution in [0.4, 0.5) is 4.79 Å². The molecule has 0 saturated carbocycles. The van der Waals surface area contributed by atoms with Crippen LogP contribution in [0.2, 0.25) is 5.02 Å². The molecular formula is C15H12BrClN2O7. The maximum atomic E-state index is 12.1. The minimum absolute atomic E-state index is 0.0950. The number of nitrogens with zero attached hydrogens (tertiary/aromatic N) is 1. The number of rotatable bonds is 6. The summed E-state index contributed by atoms with van der Waals surface area (Å²) < 4.78 is 10.1. The van der Waals surface area contributed by atoms with Gasteiger partial charge in [0.1, 0.15) is 12.2 Å². The molecule has 0 aliphatic carbocycles. The molecule has 0 bridgehead atoms. The number of carbonyl (C=O) groups is 4. The second-order valence-corrected chi connectivity index (χ2v) is 6.21. The number of esters is 1. The lowest BCUT2D eigenvalue weighted by molar-refractivity contribution is -0.143. The van der Waals surface area contributed by atoms with Gasteiger partial charge in [0.25, 0.3) is 5.91 Å². The van der Waals surface area contributed by atoms with E-state index in [4.69, 9.17) is 21.4 Å². The smallest absolute Gasteiger partial charge is 0.343 e. The molecule has 1 aliphatic rings. The van der Waals surface area contributed by atoms with Crippen molar-refractivity contribution in [2.75, 3.05) is 20.3 Å². The van der Waals surface area contributed by atoms with Crippen molar-refractivity contribution < 1.29 is 33.8 Å². The van der Waals surface area contributed by atoms with E-state index in [1.807, 2.05) is 0 Å². The first-order valence-corrected chi connectivity index (χ1v) is 8.15. The number of carboxylic acid groups (broad SMARTS) is 1. The van der Waals surface area contributed by atoms with E-state index in [1.54, 1.807) is 6.07 Å². The summed E-state index contributed by atoms with van der Waals surface area (Å²) >= 11 is 9.35. The predicted molar refractivity (Wildman–Crippen MR) is 92.5 cm³/mol. The number of urea groups is 1. The van der Waals surface area contributed by atoms with Gasteiger partial charge in [0.2, 0.25) is 0 Å². The van der Waals surface area contributed by atoms with Crippen LogP contribution in [0.3, 0.4) is 0 Å². The van der Waals surface area contributed by atoms with Gasteiger partial charge >= 0.3 is 18.0 Å². The Balaban J connectivity index is 2.23. The van der Waals surface area contributed by atoms with Crippen LogP contribution < -0.4 is 10.1 Å². The molecule has 0 radical (unpaired) electrons. The predicted octanol–water partition coefficient (Wildman–Crippen LogP) is 1.63. The van der Waals surface area contributed by atoms with Gasteiger partial charge < -0.3 is 19.9 Å². The summed E-state index contributed by atoms with van der Waals surface area (Å²) in [5, 5.41) is 11.2. The van der Waals surface area contributed by atoms with Crippen LogP contribution in [0, 0.1) is 0 Å². The summed E-state index contributed by atoms with van der Waals surface area (Å²) in [6.45, 7) is -1.08. The van der Waals surface area contributed by atoms with E-state index < -0.39 is 30.4 Å². The lowest BCUT2D eigenvalue weighted by Gasteiger charge is -2.10. The zero-order valence-corrected chi connectivity index (χ0v) is 15.6. The number of amides is 3. The first kappa shape index (κ1) is 19.7. The highest BCUT2D eigenvalue weighted by molar-refractivity contribution is 9.10. The zero-order valence-electron chi connectivity index (χ0n) is 13.2. The number of hydrogen-bond donors (Lipinski definition) is 2. The molecular weight excluding hydrogens is 436 g/mol. The van der Waals surface area contributed by atoms with Crippen LogP contribution in [-0.2, 0) is 19.1 Å². The van der Waals surface area contributed by atoms with Crippen molar-refractivity contribution in [3.63, 3.8) is 0 Å². The first-order chi connectivity index (χ1) is 12.2. The minimum Gasteiger partial charge on any atom is -0.480 e. The van der Waals surface area contributed by atoms with Gasteiger partial charge in [-0.05, 0) is 39.7 Å². The number of imide groups is 1. The Labute approximate surface area is 160 Å². The summed E-state index contributed by atoms with van der Waals surface area (Å²) in [5.41, 5.74) is 0.343. The third kappa shape index (κ3) is 4.52. The summed E-state index contributed by atoms with van der Waals surface area (Å²) in [6, 6.07) is 2.17. The monoisotopic (exact) mass is 446 g/mol. The van der Waals surface area contributed by atoms with Crippen molar-refractivity contribution in [2.24, 2.45) is 0 Å². The van der Waals surface area contributed by atoms with Crippen LogP contribution in [0.15, 0.2) is 22.3 Å². The number of ether oxygens (including phenoxy) is 2. The highest BCUT2D eigenvalue weighted by atomic mass is 79.9. The topological polar surface area (TPSA) is 122 Å². The Bertz CT molecular complexity index is 801. The van der Waals surface area contributed by atoms with Crippen LogP contribution in [0.25, 0.3) is 6.08 Å². The molecule has 138 valence electrons. The van der Waals surface area contributed by atoms with Gasteiger partial charge in [0, 0.05) is 0 Å². The van der Waals surface area contributed by atoms with Gasteiger partial charge in [-0.25, -0.2) is 14.5 Å². The normalized spacial score (nSPS) is 15.2. The average molecular weight is 448 g/mol. The van der Waals surface area contributed by atoms with Crippen LogP contribution in [-0.4, -0.2) is 54.1 Å². The van der Waals surface area contributed by atoms with Crippen molar-refractivity contribution in [1.82, 2.24) is 10.2 Å². The molecule has 0 spiro atoms. The zero-order chi connectivity index (χ0) is 19.4. The Kier molecular flexibility index (Phi) is 6.22. The molecule has 26 heavy (non-hydrogen) atoms. The highest BCUT2D eigenvalue weighted by Gasteiger charge is 2.34. The third-order valence-corrected chi connectivity index (χ3v) is 4.02. The molecule has 9 nitrogen and oxygen atoms in total. The van der Waals surface area contributed by atoms with Gasteiger partial charge in [-0.3, -0.25) is 9.59 Å². The van der Waals surface area contributed by atoms with Crippen LogP contribution >= 0.6 is 27.5 Å². The van der Waals surface area contributed by atoms with E-state index in [9.17, 15) is 19.2 Å². The van der Waals surface area contributed by atoms with E-state index in [1.165, 1.54) is 19.3 Å². The van der Waals surface area contributed by atoms with Crippen molar-refractivity contribution in [3.8, 4) is 5.75 Å². The van der Waals surface area contributed by atoms with Gasteiger partial charge in [-0.1, -0.05) is 11.6 Å². The summed E-state index contributed by atoms with van der Waals surface area (Å²) in [5.74, 6) is -2.46. The van der Waals surface area contributed by atoms with Gasteiger partial charge in [0.15, 0.2) is 12.4 Å². The first-order valence-electron chi connectivity index (χ1n) is 6.98. The van der Waals surface area contributed by atoms with Crippen molar-refractivity contribution in [1.29, 1.82) is 0 Å². The van der Waals surface area contributed by atoms with Gasteiger partial charge in [-0.15, -0.1) is 0 Å². The molecule has 0 atom stereocenters. The Morgan fingerprint density at radius 3 is 2.65 bits per heavy atom. The van der Waals surface area contributed by atoms with E-state index in [-0.39, 0.29) is 23.1 Å². The number of hydrogen-bond acceptors (Lipinski definition) is 6. The molecule has 1 saturated heterocycles. The fourth-order valence-corrected chi connectivity index (χ4v) is 3.00. The number of aliphatic carboxylic acids is 1. The molecule has 3 amide bonds. The molecule has 0 unspecified atom stereocenters. The van der Waals surface area contributed by atoms with E-state index >= 15 is 0 Å². The third-order valence-electron chi connectivity index (χ3n) is 3.15. The fourth-order valence-electron chi connectivity index (χ4n) is 2.01. The van der Waals surface area contributed by atoms with E-state index in [0.717, 1.165) is 0 Å². The SMILES string of the molecule is COC(=O)COc1c(Cl)cc(/C=C2/NC(=O)N(CC(=O)O)C2=O)cc1Br. The number of nitrogens with one attached hydrogen (secondary N) is 1. The molecule has 1 heterocycles. The van der Waals surface area contributed by atoms with E-state index in [0.29, 0.717) is 14.9 Å². The van der Waals surface area contributed by atoms with Crippen LogP contribution in [0.5, 0.6) is 5.75 Å². The van der Waals surface area contributed by atoms with Crippen LogP contribution in [0.1, 0.15) is 5.56 Å². The molecule has 2 rings (SSSR count). The number of carboxylic acids is 1. The summed E-state index contributed by atoms with van der Waals surface area (Å²) in [6.07, 6.45) is 1.34. The maximum Gasteiger partial charge on any atom is 0.343 e. The summed E-state index contributed by atoms with van der Waals surface area (Å²) in [4.78, 5) is 46.2. The van der Waals surface area contributed by atoms with Gasteiger partial charge in [-0.2, -0.15) is 0 Å². The second kappa shape index (κ2) is 8.19. The Morgan fingerprint density at radius 1 is 1.38 bits per heavy atom. The molecule has 2 N–H and O–H groups in total. The fraction of sp³-hybridized carbons (Fsp3) is 0.200. The molecule has 0 aromatic heterocycles. The van der Waals surface area contributed by atoms with Crippen molar-refractivity contribution in [3.05, 3.63) is 32.9 Å². The Morgan fingerprint density at radius 2 is 2.08 bits per heavy atom. The lowest BCUT2D eigenvalue weighted by Crippen LogP contribution is -2.35. The summed E-state index contributed by atoms with van der Waals surface area (Å²) in [7, 11) is 1.22. The maximum absolute atomic E-state index is 12.1. The molecule has 1 aromatic carbocycles. The molecule has 11 heteroatoms. The average Bonchev–Trinajstić information content (AvgIpc) is 2.81. The standard InChI is InChI=1S/C15H12BrClN2O7/c1-25-12(22)6-26-13-8(16)2-7(3-9(13)17)4-10-14(23)19(5-11(20)21)15(24)18-10/h2-4H,5-6H2,1H3,(H,18,24)(H,20,21)/b10-4+. The van der Waals surface area contributed by atoms with Crippen molar-refractivity contribution in [2.45, 2.75) is 0 Å². The number of carbonyl (C=O) groups excluding carboxylic acids is 3.